The molecule has 0 aliphatic carbocycles. The van der Waals surface area contributed by atoms with Crippen LogP contribution in [0.3, 0.4) is 0 Å². The molecule has 0 saturated heterocycles. The zero-order valence-corrected chi connectivity index (χ0v) is 11.2. The predicted molar refractivity (Wildman–Crippen MR) is 64.2 cm³/mol. The van der Waals surface area contributed by atoms with Crippen LogP contribution in [0.2, 0.25) is 0 Å². The Balaban J connectivity index is 3.01. The highest BCUT2D eigenvalue weighted by Crippen LogP contribution is 2.17. The Morgan fingerprint density at radius 2 is 1.80 bits per heavy atom. The Morgan fingerprint density at radius 3 is 2.27 bits per heavy atom. The van der Waals surface area contributed by atoms with Gasteiger partial charge in [-0.15, -0.1) is 0 Å². The summed E-state index contributed by atoms with van der Waals surface area (Å²) < 4.78 is 26.1. The molecule has 1 aromatic carbocycles. The number of benzene rings is 1. The molecule has 0 saturated carbocycles. The lowest BCUT2D eigenvalue weighted by atomic mass is 10.4. The number of hydrogen-bond acceptors (Lipinski definition) is 2. The first kappa shape index (κ1) is 12.7. The van der Waals surface area contributed by atoms with Gasteiger partial charge in [-0.2, -0.15) is 0 Å². The SMILES string of the molecule is CCCN(C)S(=O)(=O)c1ccc(Br)cc1. The number of nitrogens with zero attached hydrogens (tertiary/aromatic N) is 1. The molecule has 0 aliphatic heterocycles. The average Bonchev–Trinajstić information content (AvgIpc) is 2.18. The van der Waals surface area contributed by atoms with E-state index in [1.54, 1.807) is 31.3 Å². The van der Waals surface area contributed by atoms with Crippen LogP contribution in [0.15, 0.2) is 33.6 Å². The average molecular weight is 292 g/mol. The molecule has 84 valence electrons. The Hall–Kier alpha value is -0.390. The summed E-state index contributed by atoms with van der Waals surface area (Å²) >= 11 is 3.27. The third-order valence-corrected chi connectivity index (χ3v) is 4.46. The van der Waals surface area contributed by atoms with E-state index in [1.807, 2.05) is 6.92 Å². The van der Waals surface area contributed by atoms with Gasteiger partial charge in [0.25, 0.3) is 0 Å². The fourth-order valence-corrected chi connectivity index (χ4v) is 2.75. The van der Waals surface area contributed by atoms with Gasteiger partial charge in [0.1, 0.15) is 0 Å². The Kier molecular flexibility index (Phi) is 4.31. The summed E-state index contributed by atoms with van der Waals surface area (Å²) in [6.45, 7) is 2.49. The maximum Gasteiger partial charge on any atom is 0.242 e. The molecule has 1 aromatic rings. The second-order valence-corrected chi connectivity index (χ2v) is 6.24. The van der Waals surface area contributed by atoms with Gasteiger partial charge in [0, 0.05) is 18.1 Å². The number of rotatable bonds is 4. The first-order chi connectivity index (χ1) is 6.98. The summed E-state index contributed by atoms with van der Waals surface area (Å²) in [5, 5.41) is 0. The molecule has 0 aliphatic rings. The van der Waals surface area contributed by atoms with Crippen LogP contribution in [0.5, 0.6) is 0 Å². The second kappa shape index (κ2) is 5.09. The topological polar surface area (TPSA) is 37.4 Å². The minimum absolute atomic E-state index is 0.335. The van der Waals surface area contributed by atoms with Gasteiger partial charge < -0.3 is 0 Å². The number of hydrogen-bond donors (Lipinski definition) is 0. The van der Waals surface area contributed by atoms with Gasteiger partial charge >= 0.3 is 0 Å². The fraction of sp³-hybridized carbons (Fsp3) is 0.400. The maximum atomic E-state index is 11.9. The van der Waals surface area contributed by atoms with E-state index >= 15 is 0 Å². The Bertz CT molecular complexity index is 414. The smallest absolute Gasteiger partial charge is 0.207 e. The van der Waals surface area contributed by atoms with Crippen LogP contribution in [0.25, 0.3) is 0 Å². The van der Waals surface area contributed by atoms with Crippen LogP contribution in [-0.2, 0) is 10.0 Å². The van der Waals surface area contributed by atoms with Crippen molar-refractivity contribution in [2.75, 3.05) is 13.6 Å². The molecule has 0 bridgehead atoms. The summed E-state index contributed by atoms with van der Waals surface area (Å²) in [6, 6.07) is 6.66. The van der Waals surface area contributed by atoms with E-state index < -0.39 is 10.0 Å². The highest BCUT2D eigenvalue weighted by atomic mass is 79.9. The van der Waals surface area contributed by atoms with Gasteiger partial charge in [-0.1, -0.05) is 22.9 Å². The van der Waals surface area contributed by atoms with E-state index in [-0.39, 0.29) is 0 Å². The fourth-order valence-electron chi connectivity index (χ4n) is 1.22. The van der Waals surface area contributed by atoms with Crippen LogP contribution >= 0.6 is 15.9 Å². The normalized spacial score (nSPS) is 12.0. The maximum absolute atomic E-state index is 11.9. The summed E-state index contributed by atoms with van der Waals surface area (Å²) in [6.07, 6.45) is 0.812. The number of sulfonamides is 1. The van der Waals surface area contributed by atoms with Crippen molar-refractivity contribution in [3.05, 3.63) is 28.7 Å². The van der Waals surface area contributed by atoms with Gasteiger partial charge in [-0.25, -0.2) is 12.7 Å². The molecular weight excluding hydrogens is 278 g/mol. The third-order valence-electron chi connectivity index (χ3n) is 2.06. The Morgan fingerprint density at radius 1 is 1.27 bits per heavy atom. The van der Waals surface area contributed by atoms with Crippen molar-refractivity contribution in [3.8, 4) is 0 Å². The van der Waals surface area contributed by atoms with Gasteiger partial charge in [0.15, 0.2) is 0 Å². The monoisotopic (exact) mass is 291 g/mol. The standard InChI is InChI=1S/C10H14BrNO2S/c1-3-8-12(2)15(13,14)10-6-4-9(11)5-7-10/h4-7H,3,8H2,1-2H3. The molecule has 0 spiro atoms. The molecule has 15 heavy (non-hydrogen) atoms. The summed E-state index contributed by atoms with van der Waals surface area (Å²) in [5.41, 5.74) is 0. The van der Waals surface area contributed by atoms with Gasteiger partial charge in [0.05, 0.1) is 4.90 Å². The van der Waals surface area contributed by atoms with Crippen LogP contribution < -0.4 is 0 Å². The zero-order chi connectivity index (χ0) is 11.5. The van der Waals surface area contributed by atoms with Crippen molar-refractivity contribution in [1.29, 1.82) is 0 Å². The lowest BCUT2D eigenvalue weighted by molar-refractivity contribution is 0.468. The van der Waals surface area contributed by atoms with Crippen molar-refractivity contribution in [3.63, 3.8) is 0 Å². The molecule has 0 N–H and O–H groups in total. The summed E-state index contributed by atoms with van der Waals surface area (Å²) in [7, 11) is -1.71. The van der Waals surface area contributed by atoms with Crippen molar-refractivity contribution in [1.82, 2.24) is 4.31 Å². The molecule has 3 nitrogen and oxygen atoms in total. The molecule has 0 unspecified atom stereocenters. The van der Waals surface area contributed by atoms with Crippen LogP contribution in [0, 0.1) is 0 Å². The molecular formula is C10H14BrNO2S. The first-order valence-electron chi connectivity index (χ1n) is 4.70. The Labute approximate surface area is 99.3 Å². The minimum Gasteiger partial charge on any atom is -0.207 e. The first-order valence-corrected chi connectivity index (χ1v) is 6.93. The molecule has 0 amide bonds. The van der Waals surface area contributed by atoms with Crippen LogP contribution in [0.4, 0.5) is 0 Å². The van der Waals surface area contributed by atoms with Gasteiger partial charge in [-0.05, 0) is 30.7 Å². The van der Waals surface area contributed by atoms with Crippen LogP contribution in [-0.4, -0.2) is 26.3 Å². The molecule has 0 atom stereocenters. The largest absolute Gasteiger partial charge is 0.242 e. The van der Waals surface area contributed by atoms with Gasteiger partial charge in [-0.3, -0.25) is 0 Å². The van der Waals surface area contributed by atoms with Crippen molar-refractivity contribution in [2.24, 2.45) is 0 Å². The second-order valence-electron chi connectivity index (χ2n) is 3.28. The predicted octanol–water partition coefficient (Wildman–Crippen LogP) is 2.48. The molecule has 1 rings (SSSR count). The highest BCUT2D eigenvalue weighted by Gasteiger charge is 2.19. The molecule has 0 aromatic heterocycles. The quantitative estimate of drug-likeness (QED) is 0.855. The molecule has 0 fully saturated rings. The number of halogens is 1. The van der Waals surface area contributed by atoms with Crippen molar-refractivity contribution < 1.29 is 8.42 Å². The van der Waals surface area contributed by atoms with E-state index in [2.05, 4.69) is 15.9 Å². The van der Waals surface area contributed by atoms with Gasteiger partial charge in [0.2, 0.25) is 10.0 Å². The van der Waals surface area contributed by atoms with E-state index in [9.17, 15) is 8.42 Å². The third kappa shape index (κ3) is 3.03. The lowest BCUT2D eigenvalue weighted by Gasteiger charge is -2.15. The zero-order valence-electron chi connectivity index (χ0n) is 8.77. The minimum atomic E-state index is -3.31. The summed E-state index contributed by atoms with van der Waals surface area (Å²) in [5.74, 6) is 0. The van der Waals surface area contributed by atoms with Crippen molar-refractivity contribution in [2.45, 2.75) is 18.2 Å². The van der Waals surface area contributed by atoms with E-state index in [4.69, 9.17) is 0 Å². The molecule has 0 heterocycles. The summed E-state index contributed by atoms with van der Waals surface area (Å²) in [4.78, 5) is 0.335. The van der Waals surface area contributed by atoms with E-state index in [0.717, 1.165) is 10.9 Å². The van der Waals surface area contributed by atoms with Crippen molar-refractivity contribution >= 4 is 26.0 Å². The highest BCUT2D eigenvalue weighted by molar-refractivity contribution is 9.10. The molecule has 0 radical (unpaired) electrons. The van der Waals surface area contributed by atoms with E-state index in [0.29, 0.717) is 11.4 Å². The lowest BCUT2D eigenvalue weighted by Crippen LogP contribution is -2.27. The van der Waals surface area contributed by atoms with E-state index in [1.165, 1.54) is 4.31 Å². The molecule has 5 heteroatoms. The van der Waals surface area contributed by atoms with Crippen LogP contribution in [0.1, 0.15) is 13.3 Å².